The van der Waals surface area contributed by atoms with Gasteiger partial charge in [-0.25, -0.2) is 13.9 Å². The predicted molar refractivity (Wildman–Crippen MR) is 105 cm³/mol. The van der Waals surface area contributed by atoms with Crippen molar-refractivity contribution >= 4 is 17.3 Å². The Morgan fingerprint density at radius 1 is 1.25 bits per heavy atom. The molecule has 2 bridgehead atoms. The van der Waals surface area contributed by atoms with Crippen molar-refractivity contribution in [3.63, 3.8) is 0 Å². The molecule has 0 unspecified atom stereocenters. The second kappa shape index (κ2) is 6.94. The molecular formula is C20H23FN6O. The zero-order chi connectivity index (χ0) is 19.1. The van der Waals surface area contributed by atoms with E-state index in [0.29, 0.717) is 19.0 Å². The highest BCUT2D eigenvalue weighted by molar-refractivity contribution is 5.62. The van der Waals surface area contributed by atoms with Crippen LogP contribution in [0.2, 0.25) is 0 Å². The maximum absolute atomic E-state index is 14.1. The van der Waals surface area contributed by atoms with Crippen LogP contribution < -0.4 is 20.7 Å². The molecule has 0 spiro atoms. The number of fused-ring (bicyclic) bond motifs is 5. The highest BCUT2D eigenvalue weighted by Gasteiger charge is 2.30. The maximum atomic E-state index is 14.1. The number of hydrogen-bond donors (Lipinski definition) is 2. The van der Waals surface area contributed by atoms with Gasteiger partial charge in [-0.3, -0.25) is 0 Å². The molecule has 0 saturated carbocycles. The third kappa shape index (κ3) is 2.93. The van der Waals surface area contributed by atoms with E-state index in [1.54, 1.807) is 16.6 Å². The van der Waals surface area contributed by atoms with Gasteiger partial charge in [-0.1, -0.05) is 0 Å². The van der Waals surface area contributed by atoms with Crippen LogP contribution in [-0.2, 0) is 6.54 Å². The molecule has 5 rings (SSSR count). The monoisotopic (exact) mass is 382 g/mol. The van der Waals surface area contributed by atoms with E-state index >= 15 is 0 Å². The topological polar surface area (TPSA) is 80.7 Å². The molecule has 7 nitrogen and oxygen atoms in total. The summed E-state index contributed by atoms with van der Waals surface area (Å²) in [5.74, 6) is 1.85. The average molecular weight is 382 g/mol. The van der Waals surface area contributed by atoms with E-state index in [1.165, 1.54) is 6.07 Å². The first-order chi connectivity index (χ1) is 13.7. The molecule has 0 aliphatic carbocycles. The number of ether oxygens (including phenoxy) is 1. The second-order valence-corrected chi connectivity index (χ2v) is 7.33. The standard InChI is InChI=1S/C20H23FN6O/c21-13-4-5-17-14(11-13)16-3-1-8-26(16)18-6-9-27-20(24-18)15(19(22)25-27)12-23-7-2-10-28-17/h4-6,9,11,16,23H,1-3,7-8,10,12H2,(H2,22,25)/t16-/m1/s1. The van der Waals surface area contributed by atoms with Gasteiger partial charge >= 0.3 is 0 Å². The Hall–Kier alpha value is -2.87. The van der Waals surface area contributed by atoms with E-state index < -0.39 is 0 Å². The smallest absolute Gasteiger partial charge is 0.164 e. The molecule has 146 valence electrons. The Morgan fingerprint density at radius 2 is 2.18 bits per heavy atom. The molecule has 2 aliphatic heterocycles. The van der Waals surface area contributed by atoms with Gasteiger partial charge in [0.25, 0.3) is 0 Å². The Morgan fingerprint density at radius 3 is 3.11 bits per heavy atom. The summed E-state index contributed by atoms with van der Waals surface area (Å²) < 4.78 is 21.8. The van der Waals surface area contributed by atoms with Gasteiger partial charge in [-0.15, -0.1) is 5.10 Å². The Balaban J connectivity index is 1.64. The van der Waals surface area contributed by atoms with Gasteiger partial charge in [-0.05, 0) is 50.1 Å². The van der Waals surface area contributed by atoms with E-state index in [2.05, 4.69) is 15.3 Å². The maximum Gasteiger partial charge on any atom is 0.164 e. The van der Waals surface area contributed by atoms with Crippen molar-refractivity contribution in [3.05, 3.63) is 47.4 Å². The summed E-state index contributed by atoms with van der Waals surface area (Å²) in [4.78, 5) is 7.10. The molecule has 2 aromatic heterocycles. The fourth-order valence-corrected chi connectivity index (χ4v) is 4.18. The largest absolute Gasteiger partial charge is 0.493 e. The van der Waals surface area contributed by atoms with Crippen molar-refractivity contribution in [2.24, 2.45) is 0 Å². The van der Waals surface area contributed by atoms with E-state index in [9.17, 15) is 4.39 Å². The van der Waals surface area contributed by atoms with Gasteiger partial charge in [0, 0.05) is 24.8 Å². The molecule has 1 atom stereocenters. The lowest BCUT2D eigenvalue weighted by Crippen LogP contribution is -2.25. The van der Waals surface area contributed by atoms with E-state index in [1.807, 2.05) is 12.3 Å². The quantitative estimate of drug-likeness (QED) is 0.622. The summed E-state index contributed by atoms with van der Waals surface area (Å²) >= 11 is 0. The molecule has 3 N–H and O–H groups in total. The van der Waals surface area contributed by atoms with Crippen molar-refractivity contribution in [2.45, 2.75) is 31.8 Å². The van der Waals surface area contributed by atoms with E-state index in [0.717, 1.165) is 60.7 Å². The summed E-state index contributed by atoms with van der Waals surface area (Å²) in [7, 11) is 0. The van der Waals surface area contributed by atoms with Gasteiger partial charge in [0.05, 0.1) is 18.2 Å². The van der Waals surface area contributed by atoms with Crippen LogP contribution in [0.1, 0.15) is 36.4 Å². The Kier molecular flexibility index (Phi) is 4.27. The summed E-state index contributed by atoms with van der Waals surface area (Å²) in [6.45, 7) is 2.82. The van der Waals surface area contributed by atoms with Crippen LogP contribution in [0.25, 0.3) is 5.65 Å². The SMILES string of the molecule is Nc1nn2ccc3nc2c1CNCCCOc1ccc(F)cc1[C@H]1CCCN31. The molecule has 2 aliphatic rings. The lowest BCUT2D eigenvalue weighted by molar-refractivity contribution is 0.302. The zero-order valence-electron chi connectivity index (χ0n) is 15.6. The van der Waals surface area contributed by atoms with Crippen LogP contribution in [0.4, 0.5) is 16.0 Å². The second-order valence-electron chi connectivity index (χ2n) is 7.33. The fourth-order valence-electron chi connectivity index (χ4n) is 4.18. The molecule has 3 aromatic rings. The summed E-state index contributed by atoms with van der Waals surface area (Å²) in [6, 6.07) is 6.78. The molecule has 1 fully saturated rings. The number of nitrogen functional groups attached to an aromatic ring is 1. The minimum absolute atomic E-state index is 0.0328. The minimum Gasteiger partial charge on any atom is -0.493 e. The van der Waals surface area contributed by atoms with Crippen molar-refractivity contribution in [2.75, 3.05) is 30.3 Å². The summed E-state index contributed by atoms with van der Waals surface area (Å²) in [5, 5.41) is 7.77. The molecule has 0 amide bonds. The molecule has 1 saturated heterocycles. The van der Waals surface area contributed by atoms with Crippen molar-refractivity contribution < 1.29 is 9.13 Å². The summed E-state index contributed by atoms with van der Waals surface area (Å²) in [5.41, 5.74) is 8.68. The highest BCUT2D eigenvalue weighted by atomic mass is 19.1. The van der Waals surface area contributed by atoms with Crippen LogP contribution in [-0.4, -0.2) is 34.3 Å². The van der Waals surface area contributed by atoms with Crippen molar-refractivity contribution in [3.8, 4) is 5.75 Å². The van der Waals surface area contributed by atoms with Gasteiger partial charge in [0.2, 0.25) is 0 Å². The fraction of sp³-hybridized carbons (Fsp3) is 0.400. The number of halogens is 1. The first-order valence-corrected chi connectivity index (χ1v) is 9.74. The molecule has 8 heteroatoms. The van der Waals surface area contributed by atoms with E-state index in [4.69, 9.17) is 15.5 Å². The van der Waals surface area contributed by atoms with Crippen LogP contribution >= 0.6 is 0 Å². The van der Waals surface area contributed by atoms with Gasteiger partial charge in [0.1, 0.15) is 17.4 Å². The average Bonchev–Trinajstić information content (AvgIpc) is 3.29. The Labute approximate surface area is 162 Å². The number of benzene rings is 1. The van der Waals surface area contributed by atoms with E-state index in [-0.39, 0.29) is 11.9 Å². The normalized spacial score (nSPS) is 19.9. The number of hydrogen-bond acceptors (Lipinski definition) is 6. The van der Waals surface area contributed by atoms with Crippen molar-refractivity contribution in [1.82, 2.24) is 19.9 Å². The van der Waals surface area contributed by atoms with Gasteiger partial charge in [0.15, 0.2) is 11.5 Å². The van der Waals surface area contributed by atoms with Crippen LogP contribution in [0.3, 0.4) is 0 Å². The number of rotatable bonds is 0. The highest BCUT2D eigenvalue weighted by Crippen LogP contribution is 2.40. The van der Waals surface area contributed by atoms with Gasteiger partial charge in [-0.2, -0.15) is 0 Å². The predicted octanol–water partition coefficient (Wildman–Crippen LogP) is 2.66. The van der Waals surface area contributed by atoms with Crippen LogP contribution in [0.15, 0.2) is 30.5 Å². The zero-order valence-corrected chi connectivity index (χ0v) is 15.6. The number of nitrogens with one attached hydrogen (secondary N) is 1. The molecule has 28 heavy (non-hydrogen) atoms. The molecule has 4 heterocycles. The number of nitrogens with two attached hydrogens (primary N) is 1. The van der Waals surface area contributed by atoms with Crippen LogP contribution in [0.5, 0.6) is 5.75 Å². The number of nitrogens with zero attached hydrogens (tertiary/aromatic N) is 4. The minimum atomic E-state index is -0.244. The number of aromatic nitrogens is 3. The summed E-state index contributed by atoms with van der Waals surface area (Å²) in [6.07, 6.45) is 4.68. The lowest BCUT2D eigenvalue weighted by Gasteiger charge is -2.28. The molecular weight excluding hydrogens is 359 g/mol. The first kappa shape index (κ1) is 17.2. The Bertz CT molecular complexity index is 1020. The van der Waals surface area contributed by atoms with Crippen LogP contribution in [0, 0.1) is 5.82 Å². The lowest BCUT2D eigenvalue weighted by atomic mass is 10.0. The third-order valence-corrected chi connectivity index (χ3v) is 5.53. The number of anilines is 2. The molecule has 0 radical (unpaired) electrons. The molecule has 1 aromatic carbocycles. The third-order valence-electron chi connectivity index (χ3n) is 5.53. The first-order valence-electron chi connectivity index (χ1n) is 9.74. The van der Waals surface area contributed by atoms with Gasteiger partial charge < -0.3 is 20.7 Å². The van der Waals surface area contributed by atoms with Crippen molar-refractivity contribution in [1.29, 1.82) is 0 Å².